The normalized spacial score (nSPS) is 25.6. The van der Waals surface area contributed by atoms with Crippen molar-refractivity contribution in [2.24, 2.45) is 0 Å². The summed E-state index contributed by atoms with van der Waals surface area (Å²) in [6.45, 7) is 4.90. The molecule has 1 fully saturated rings. The SMILES string of the molecule is CC1(C)O[C@@H](CCO)[C@H](COCc2ccccc2)O1. The van der Waals surface area contributed by atoms with E-state index in [2.05, 4.69) is 0 Å². The van der Waals surface area contributed by atoms with Crippen molar-refractivity contribution in [3.8, 4) is 0 Å². The van der Waals surface area contributed by atoms with Crippen molar-refractivity contribution in [3.63, 3.8) is 0 Å². The number of hydrogen-bond donors (Lipinski definition) is 1. The van der Waals surface area contributed by atoms with Gasteiger partial charge in [-0.1, -0.05) is 30.3 Å². The van der Waals surface area contributed by atoms with E-state index in [1.165, 1.54) is 0 Å². The monoisotopic (exact) mass is 266 g/mol. The first-order chi connectivity index (χ1) is 9.11. The Balaban J connectivity index is 1.81. The van der Waals surface area contributed by atoms with Gasteiger partial charge in [-0.15, -0.1) is 0 Å². The quantitative estimate of drug-likeness (QED) is 0.856. The molecule has 0 amide bonds. The Morgan fingerprint density at radius 3 is 2.53 bits per heavy atom. The van der Waals surface area contributed by atoms with Crippen LogP contribution in [0.25, 0.3) is 0 Å². The van der Waals surface area contributed by atoms with Crippen LogP contribution in [-0.4, -0.2) is 36.3 Å². The molecular weight excluding hydrogens is 244 g/mol. The zero-order valence-electron chi connectivity index (χ0n) is 11.5. The molecule has 0 radical (unpaired) electrons. The number of benzene rings is 1. The minimum atomic E-state index is -0.597. The summed E-state index contributed by atoms with van der Waals surface area (Å²) in [5.41, 5.74) is 1.14. The number of rotatable bonds is 6. The van der Waals surface area contributed by atoms with E-state index in [1.54, 1.807) is 0 Å². The minimum absolute atomic E-state index is 0.0965. The summed E-state index contributed by atoms with van der Waals surface area (Å²) >= 11 is 0. The van der Waals surface area contributed by atoms with Crippen molar-refractivity contribution in [2.75, 3.05) is 13.2 Å². The van der Waals surface area contributed by atoms with Gasteiger partial charge in [0, 0.05) is 6.61 Å². The fourth-order valence-electron chi connectivity index (χ4n) is 2.29. The largest absolute Gasteiger partial charge is 0.396 e. The zero-order chi connectivity index (χ0) is 13.7. The predicted octanol–water partition coefficient (Wildman–Crippen LogP) is 2.11. The summed E-state index contributed by atoms with van der Waals surface area (Å²) in [6.07, 6.45) is 0.352. The first-order valence-electron chi connectivity index (χ1n) is 6.69. The summed E-state index contributed by atoms with van der Waals surface area (Å²) < 4.78 is 17.2. The second-order valence-corrected chi connectivity index (χ2v) is 5.23. The van der Waals surface area contributed by atoms with Gasteiger partial charge in [0.2, 0.25) is 0 Å². The van der Waals surface area contributed by atoms with Gasteiger partial charge in [-0.25, -0.2) is 0 Å². The lowest BCUT2D eigenvalue weighted by atomic mass is 10.1. The lowest BCUT2D eigenvalue weighted by Gasteiger charge is -2.16. The van der Waals surface area contributed by atoms with Gasteiger partial charge < -0.3 is 19.3 Å². The molecule has 4 nitrogen and oxygen atoms in total. The van der Waals surface area contributed by atoms with Crippen LogP contribution in [0.15, 0.2) is 30.3 Å². The molecule has 1 aliphatic rings. The average Bonchev–Trinajstić information content (AvgIpc) is 2.66. The lowest BCUT2D eigenvalue weighted by molar-refractivity contribution is -0.151. The Hall–Kier alpha value is -0.940. The van der Waals surface area contributed by atoms with Gasteiger partial charge >= 0.3 is 0 Å². The third-order valence-electron chi connectivity index (χ3n) is 3.09. The van der Waals surface area contributed by atoms with Crippen molar-refractivity contribution in [1.29, 1.82) is 0 Å². The van der Waals surface area contributed by atoms with Crippen molar-refractivity contribution in [2.45, 2.75) is 44.9 Å². The molecule has 1 aromatic rings. The third kappa shape index (κ3) is 4.28. The zero-order valence-corrected chi connectivity index (χ0v) is 11.5. The second-order valence-electron chi connectivity index (χ2n) is 5.23. The number of aliphatic hydroxyl groups is 1. The molecule has 0 saturated carbocycles. The highest BCUT2D eigenvalue weighted by atomic mass is 16.8. The van der Waals surface area contributed by atoms with E-state index in [0.29, 0.717) is 19.6 Å². The van der Waals surface area contributed by atoms with Crippen LogP contribution in [0.3, 0.4) is 0 Å². The van der Waals surface area contributed by atoms with E-state index in [9.17, 15) is 0 Å². The highest BCUT2D eigenvalue weighted by Gasteiger charge is 2.40. The smallest absolute Gasteiger partial charge is 0.163 e. The summed E-state index contributed by atoms with van der Waals surface area (Å²) in [7, 11) is 0. The maximum absolute atomic E-state index is 9.04. The maximum Gasteiger partial charge on any atom is 0.163 e. The average molecular weight is 266 g/mol. The van der Waals surface area contributed by atoms with Crippen LogP contribution in [0.2, 0.25) is 0 Å². The van der Waals surface area contributed by atoms with Gasteiger partial charge in [0.05, 0.1) is 19.3 Å². The first kappa shape index (κ1) is 14.5. The summed E-state index contributed by atoms with van der Waals surface area (Å²) in [5.74, 6) is -0.597. The van der Waals surface area contributed by atoms with Crippen molar-refractivity contribution < 1.29 is 19.3 Å². The molecule has 0 unspecified atom stereocenters. The van der Waals surface area contributed by atoms with Crippen LogP contribution in [0, 0.1) is 0 Å². The molecule has 2 atom stereocenters. The molecule has 1 aliphatic heterocycles. The molecule has 19 heavy (non-hydrogen) atoms. The Bertz CT molecular complexity index is 377. The molecule has 1 aromatic carbocycles. The Kier molecular flexibility index (Phi) is 4.93. The van der Waals surface area contributed by atoms with E-state index in [-0.39, 0.29) is 18.8 Å². The summed E-state index contributed by atoms with van der Waals surface area (Å²) in [4.78, 5) is 0. The number of ether oxygens (including phenoxy) is 3. The third-order valence-corrected chi connectivity index (χ3v) is 3.09. The van der Waals surface area contributed by atoms with Crippen molar-refractivity contribution in [3.05, 3.63) is 35.9 Å². The highest BCUT2D eigenvalue weighted by Crippen LogP contribution is 2.30. The molecule has 0 bridgehead atoms. The number of aliphatic hydroxyl groups excluding tert-OH is 1. The van der Waals surface area contributed by atoms with Crippen LogP contribution in [-0.2, 0) is 20.8 Å². The second kappa shape index (κ2) is 6.48. The van der Waals surface area contributed by atoms with Crippen LogP contribution < -0.4 is 0 Å². The standard InChI is InChI=1S/C15H22O4/c1-15(2)18-13(8-9-16)14(19-15)11-17-10-12-6-4-3-5-7-12/h3-7,13-14,16H,8-11H2,1-2H3/t13-,14-/m0/s1. The fraction of sp³-hybridized carbons (Fsp3) is 0.600. The number of hydrogen-bond acceptors (Lipinski definition) is 4. The van der Waals surface area contributed by atoms with E-state index in [0.717, 1.165) is 5.56 Å². The molecule has 2 rings (SSSR count). The minimum Gasteiger partial charge on any atom is -0.396 e. The van der Waals surface area contributed by atoms with Crippen LogP contribution >= 0.6 is 0 Å². The molecule has 0 aliphatic carbocycles. The first-order valence-corrected chi connectivity index (χ1v) is 6.69. The molecule has 1 N–H and O–H groups in total. The fourth-order valence-corrected chi connectivity index (χ4v) is 2.29. The van der Waals surface area contributed by atoms with Crippen molar-refractivity contribution in [1.82, 2.24) is 0 Å². The maximum atomic E-state index is 9.04. The molecule has 0 spiro atoms. The van der Waals surface area contributed by atoms with E-state index < -0.39 is 5.79 Å². The van der Waals surface area contributed by atoms with Gasteiger partial charge in [0.25, 0.3) is 0 Å². The Morgan fingerprint density at radius 2 is 1.84 bits per heavy atom. The highest BCUT2D eigenvalue weighted by molar-refractivity contribution is 5.13. The van der Waals surface area contributed by atoms with Gasteiger partial charge in [-0.2, -0.15) is 0 Å². The van der Waals surface area contributed by atoms with Gasteiger partial charge in [-0.05, 0) is 25.8 Å². The topological polar surface area (TPSA) is 47.9 Å². The Morgan fingerprint density at radius 1 is 1.16 bits per heavy atom. The van der Waals surface area contributed by atoms with Gasteiger partial charge in [-0.3, -0.25) is 0 Å². The van der Waals surface area contributed by atoms with E-state index in [4.69, 9.17) is 19.3 Å². The predicted molar refractivity (Wildman–Crippen MR) is 71.6 cm³/mol. The molecular formula is C15H22O4. The van der Waals surface area contributed by atoms with Crippen molar-refractivity contribution >= 4 is 0 Å². The van der Waals surface area contributed by atoms with E-state index in [1.807, 2.05) is 44.2 Å². The van der Waals surface area contributed by atoms with Gasteiger partial charge in [0.1, 0.15) is 6.10 Å². The summed E-state index contributed by atoms with van der Waals surface area (Å²) in [6, 6.07) is 10.0. The van der Waals surface area contributed by atoms with Crippen LogP contribution in [0.5, 0.6) is 0 Å². The summed E-state index contributed by atoms with van der Waals surface area (Å²) in [5, 5.41) is 9.04. The van der Waals surface area contributed by atoms with Gasteiger partial charge in [0.15, 0.2) is 5.79 Å². The van der Waals surface area contributed by atoms with E-state index >= 15 is 0 Å². The molecule has 106 valence electrons. The molecule has 4 heteroatoms. The lowest BCUT2D eigenvalue weighted by Crippen LogP contribution is -2.28. The van der Waals surface area contributed by atoms with Crippen LogP contribution in [0.4, 0.5) is 0 Å². The molecule has 1 saturated heterocycles. The van der Waals surface area contributed by atoms with Crippen LogP contribution in [0.1, 0.15) is 25.8 Å². The Labute approximate surface area is 114 Å². The molecule has 1 heterocycles. The molecule has 0 aromatic heterocycles.